The first-order valence-electron chi connectivity index (χ1n) is 12.3. The minimum atomic E-state index is -0.755. The van der Waals surface area contributed by atoms with E-state index in [0.717, 1.165) is 27.8 Å². The number of hydrogen-bond donors (Lipinski definition) is 2. The van der Waals surface area contributed by atoms with Crippen LogP contribution >= 0.6 is 0 Å². The molecular weight excluding hydrogens is 468 g/mol. The molecular formula is C30H28N2O5. The number of aliphatic carboxylic acids is 1. The van der Waals surface area contributed by atoms with Crippen molar-refractivity contribution in [3.05, 3.63) is 101 Å². The number of carboxylic acid groups (broad SMARTS) is 1. The highest BCUT2D eigenvalue weighted by atomic mass is 16.5. The number of nitrogens with zero attached hydrogens (tertiary/aromatic N) is 1. The van der Waals surface area contributed by atoms with Crippen LogP contribution in [0.2, 0.25) is 0 Å². The van der Waals surface area contributed by atoms with Gasteiger partial charge in [0.2, 0.25) is 0 Å². The van der Waals surface area contributed by atoms with Crippen molar-refractivity contribution in [1.29, 1.82) is 0 Å². The summed E-state index contributed by atoms with van der Waals surface area (Å²) in [4.78, 5) is 24.0. The lowest BCUT2D eigenvalue weighted by molar-refractivity contribution is -0.140. The summed E-state index contributed by atoms with van der Waals surface area (Å²) >= 11 is 0. The van der Waals surface area contributed by atoms with Gasteiger partial charge in [-0.3, -0.25) is 4.79 Å². The normalized spacial score (nSPS) is 14.5. The number of amides is 1. The summed E-state index contributed by atoms with van der Waals surface area (Å²) < 4.78 is 11.1. The Morgan fingerprint density at radius 2 is 1.57 bits per heavy atom. The van der Waals surface area contributed by atoms with Gasteiger partial charge in [-0.2, -0.15) is 0 Å². The smallest absolute Gasteiger partial charge is 0.407 e. The number of benzene rings is 3. The number of carbonyl (C=O) groups is 2. The van der Waals surface area contributed by atoms with E-state index in [1.54, 1.807) is 0 Å². The van der Waals surface area contributed by atoms with Crippen molar-refractivity contribution in [2.45, 2.75) is 44.8 Å². The fourth-order valence-electron chi connectivity index (χ4n) is 4.51. The molecule has 4 aromatic rings. The summed E-state index contributed by atoms with van der Waals surface area (Å²) in [5.74, 6) is -0.199. The Hall–Kier alpha value is -4.39. The van der Waals surface area contributed by atoms with Crippen molar-refractivity contribution in [1.82, 2.24) is 10.5 Å². The molecule has 0 bridgehead atoms. The lowest BCUT2D eigenvalue weighted by Crippen LogP contribution is -2.27. The van der Waals surface area contributed by atoms with Gasteiger partial charge in [-0.1, -0.05) is 84.0 Å². The Labute approximate surface area is 215 Å². The van der Waals surface area contributed by atoms with E-state index in [9.17, 15) is 14.7 Å². The van der Waals surface area contributed by atoms with Gasteiger partial charge in [0, 0.05) is 5.56 Å². The Morgan fingerprint density at radius 1 is 0.973 bits per heavy atom. The number of aromatic nitrogens is 1. The van der Waals surface area contributed by atoms with Crippen LogP contribution in [-0.4, -0.2) is 22.3 Å². The van der Waals surface area contributed by atoms with E-state index in [1.807, 2.05) is 92.7 Å². The number of ether oxygens (including phenoxy) is 1. The Kier molecular flexibility index (Phi) is 6.53. The highest BCUT2D eigenvalue weighted by Gasteiger charge is 2.51. The molecule has 3 aromatic carbocycles. The molecule has 1 fully saturated rings. The fraction of sp³-hybridized carbons (Fsp3) is 0.233. The first kappa shape index (κ1) is 24.3. The van der Waals surface area contributed by atoms with Crippen LogP contribution in [0.1, 0.15) is 48.2 Å². The van der Waals surface area contributed by atoms with E-state index < -0.39 is 17.5 Å². The molecule has 1 aliphatic rings. The largest absolute Gasteiger partial charge is 0.481 e. The molecule has 7 heteroatoms. The summed E-state index contributed by atoms with van der Waals surface area (Å²) in [5, 5.41) is 16.4. The second-order valence-corrected chi connectivity index (χ2v) is 9.47. The summed E-state index contributed by atoms with van der Waals surface area (Å²) in [6.45, 7) is 3.75. The number of rotatable bonds is 8. The molecule has 1 aliphatic carbocycles. The van der Waals surface area contributed by atoms with Crippen LogP contribution in [0, 0.1) is 6.92 Å². The van der Waals surface area contributed by atoms with Gasteiger partial charge in [0.1, 0.15) is 6.61 Å². The molecule has 1 atom stereocenters. The second kappa shape index (κ2) is 9.93. The number of hydrogen-bond acceptors (Lipinski definition) is 5. The summed E-state index contributed by atoms with van der Waals surface area (Å²) in [5.41, 5.74) is 5.32. The van der Waals surface area contributed by atoms with Crippen LogP contribution in [0.4, 0.5) is 4.79 Å². The summed E-state index contributed by atoms with van der Waals surface area (Å²) in [7, 11) is 0. The van der Waals surface area contributed by atoms with E-state index in [4.69, 9.17) is 9.26 Å². The zero-order valence-electron chi connectivity index (χ0n) is 20.7. The lowest BCUT2D eigenvalue weighted by atomic mass is 9.93. The molecule has 188 valence electrons. The number of alkyl carbamates (subject to hydrolysis) is 1. The number of carboxylic acids is 1. The van der Waals surface area contributed by atoms with E-state index >= 15 is 0 Å². The number of nitrogens with one attached hydrogen (secondary N) is 1. The molecule has 0 spiro atoms. The van der Waals surface area contributed by atoms with Crippen LogP contribution in [0.5, 0.6) is 0 Å². The third-order valence-corrected chi connectivity index (χ3v) is 7.04. The monoisotopic (exact) mass is 496 g/mol. The predicted octanol–water partition coefficient (Wildman–Crippen LogP) is 6.42. The quantitative estimate of drug-likeness (QED) is 0.292. The highest BCUT2D eigenvalue weighted by Crippen LogP contribution is 2.48. The summed E-state index contributed by atoms with van der Waals surface area (Å²) in [6, 6.07) is 25.0. The predicted molar refractivity (Wildman–Crippen MR) is 139 cm³/mol. The molecule has 0 aliphatic heterocycles. The minimum Gasteiger partial charge on any atom is -0.481 e. The van der Waals surface area contributed by atoms with Gasteiger partial charge in [-0.05, 0) is 48.9 Å². The molecule has 1 saturated carbocycles. The topological polar surface area (TPSA) is 102 Å². The van der Waals surface area contributed by atoms with Crippen molar-refractivity contribution in [3.8, 4) is 22.5 Å². The van der Waals surface area contributed by atoms with Crippen molar-refractivity contribution >= 4 is 12.1 Å². The average molecular weight is 497 g/mol. The zero-order valence-corrected chi connectivity index (χ0v) is 20.7. The maximum Gasteiger partial charge on any atom is 0.407 e. The van der Waals surface area contributed by atoms with Gasteiger partial charge in [0.05, 0.1) is 22.7 Å². The molecule has 0 unspecified atom stereocenters. The van der Waals surface area contributed by atoms with Crippen molar-refractivity contribution in [3.63, 3.8) is 0 Å². The van der Waals surface area contributed by atoms with Crippen LogP contribution < -0.4 is 5.32 Å². The molecule has 1 amide bonds. The van der Waals surface area contributed by atoms with Crippen LogP contribution in [0.15, 0.2) is 83.4 Å². The molecule has 0 radical (unpaired) electrons. The van der Waals surface area contributed by atoms with Crippen molar-refractivity contribution in [2.24, 2.45) is 0 Å². The van der Waals surface area contributed by atoms with Gasteiger partial charge < -0.3 is 19.7 Å². The second-order valence-electron chi connectivity index (χ2n) is 9.47. The van der Waals surface area contributed by atoms with Gasteiger partial charge in [0.15, 0.2) is 5.76 Å². The SMILES string of the molecule is Cc1noc(-c2ccc(-c3ccc(C4(C(=O)O)CC4)cc3)cc2)c1COC(=O)N[C@H](C)c1ccccc1. The zero-order chi connectivity index (χ0) is 26.0. The Bertz CT molecular complexity index is 1400. The van der Waals surface area contributed by atoms with Crippen LogP contribution in [0.3, 0.4) is 0 Å². The highest BCUT2D eigenvalue weighted by molar-refractivity contribution is 5.85. The number of carbonyl (C=O) groups excluding carboxylic acids is 1. The van der Waals surface area contributed by atoms with Gasteiger partial charge in [0.25, 0.3) is 0 Å². The Balaban J connectivity index is 1.25. The first-order chi connectivity index (χ1) is 17.9. The van der Waals surface area contributed by atoms with Gasteiger partial charge in [-0.15, -0.1) is 0 Å². The molecule has 5 rings (SSSR count). The van der Waals surface area contributed by atoms with E-state index in [1.165, 1.54) is 0 Å². The maximum absolute atomic E-state index is 12.4. The molecule has 7 nitrogen and oxygen atoms in total. The van der Waals surface area contributed by atoms with E-state index in [0.29, 0.717) is 29.9 Å². The van der Waals surface area contributed by atoms with Crippen LogP contribution in [0.25, 0.3) is 22.5 Å². The Morgan fingerprint density at radius 3 is 2.16 bits per heavy atom. The van der Waals surface area contributed by atoms with E-state index in [2.05, 4.69) is 10.5 Å². The molecule has 2 N–H and O–H groups in total. The van der Waals surface area contributed by atoms with Crippen LogP contribution in [-0.2, 0) is 21.6 Å². The number of aryl methyl sites for hydroxylation is 1. The molecule has 0 saturated heterocycles. The third-order valence-electron chi connectivity index (χ3n) is 7.04. The molecule has 1 heterocycles. The lowest BCUT2D eigenvalue weighted by Gasteiger charge is -2.14. The standard InChI is InChI=1S/C30H28N2O5/c1-19(21-6-4-3-5-7-21)31-29(35)36-18-26-20(2)32-37-27(26)24-10-8-22(9-11-24)23-12-14-25(15-13-23)30(16-17-30)28(33)34/h3-15,19H,16-18H2,1-2H3,(H,31,35)(H,33,34)/t19-/m1/s1. The van der Waals surface area contributed by atoms with Crippen molar-refractivity contribution < 1.29 is 24.0 Å². The molecule has 37 heavy (non-hydrogen) atoms. The average Bonchev–Trinajstić information content (AvgIpc) is 3.66. The van der Waals surface area contributed by atoms with Gasteiger partial charge in [-0.25, -0.2) is 4.79 Å². The van der Waals surface area contributed by atoms with E-state index in [-0.39, 0.29) is 12.6 Å². The minimum absolute atomic E-state index is 0.0343. The molecule has 1 aromatic heterocycles. The maximum atomic E-state index is 12.4. The first-order valence-corrected chi connectivity index (χ1v) is 12.3. The van der Waals surface area contributed by atoms with Crippen molar-refractivity contribution in [2.75, 3.05) is 0 Å². The third kappa shape index (κ3) is 4.98. The van der Waals surface area contributed by atoms with Gasteiger partial charge >= 0.3 is 12.1 Å². The fourth-order valence-corrected chi connectivity index (χ4v) is 4.51. The summed E-state index contributed by atoms with van der Waals surface area (Å²) in [6.07, 6.45) is 0.858.